The van der Waals surface area contributed by atoms with Crippen molar-refractivity contribution < 1.29 is 14.6 Å². The van der Waals surface area contributed by atoms with Crippen LogP contribution < -0.4 is 15.0 Å². The Morgan fingerprint density at radius 3 is 2.43 bits per heavy atom. The van der Waals surface area contributed by atoms with E-state index in [0.717, 1.165) is 5.69 Å². The average Bonchev–Trinajstić information content (AvgIpc) is 2.44. The number of aliphatic hydroxyl groups is 1. The highest BCUT2D eigenvalue weighted by atomic mass is 16.5. The second-order valence-corrected chi connectivity index (χ2v) is 5.28. The van der Waals surface area contributed by atoms with Gasteiger partial charge < -0.3 is 20.1 Å². The number of carbonyl (C=O) groups excluding carboxylic acids is 1. The molecule has 1 atom stereocenters. The summed E-state index contributed by atoms with van der Waals surface area (Å²) in [5, 5.41) is 12.9. The second-order valence-electron chi connectivity index (χ2n) is 5.28. The highest BCUT2D eigenvalue weighted by Crippen LogP contribution is 2.19. The van der Waals surface area contributed by atoms with Crippen molar-refractivity contribution in [1.29, 1.82) is 0 Å². The molecule has 118 valence electrons. The van der Waals surface area contributed by atoms with Gasteiger partial charge in [0.25, 0.3) is 0 Å². The normalized spacial score (nSPS) is 12.3. The highest BCUT2D eigenvalue weighted by molar-refractivity contribution is 5.91. The van der Waals surface area contributed by atoms with Gasteiger partial charge in [0.15, 0.2) is 0 Å². The van der Waals surface area contributed by atoms with Gasteiger partial charge in [0.2, 0.25) is 5.91 Å². The van der Waals surface area contributed by atoms with Crippen molar-refractivity contribution in [2.75, 3.05) is 24.6 Å². The summed E-state index contributed by atoms with van der Waals surface area (Å²) in [6.45, 7) is 8.92. The fourth-order valence-electron chi connectivity index (χ4n) is 1.93. The SMILES string of the molecule is CCN(C(C)=O)c1ccc(OCC(O)CNC(C)C)cc1. The van der Waals surface area contributed by atoms with Gasteiger partial charge in [0.1, 0.15) is 18.5 Å². The van der Waals surface area contributed by atoms with Crippen LogP contribution in [0.4, 0.5) is 5.69 Å². The van der Waals surface area contributed by atoms with Crippen molar-refractivity contribution in [2.24, 2.45) is 0 Å². The summed E-state index contributed by atoms with van der Waals surface area (Å²) in [5.41, 5.74) is 0.847. The van der Waals surface area contributed by atoms with Gasteiger partial charge in [-0.1, -0.05) is 13.8 Å². The molecular formula is C16H26N2O3. The minimum Gasteiger partial charge on any atom is -0.491 e. The Balaban J connectivity index is 2.49. The molecule has 1 aromatic carbocycles. The fourth-order valence-corrected chi connectivity index (χ4v) is 1.93. The first-order valence-electron chi connectivity index (χ1n) is 7.36. The van der Waals surface area contributed by atoms with Crippen LogP contribution >= 0.6 is 0 Å². The van der Waals surface area contributed by atoms with Gasteiger partial charge in [-0.3, -0.25) is 4.79 Å². The predicted molar refractivity (Wildman–Crippen MR) is 84.8 cm³/mol. The third-order valence-electron chi connectivity index (χ3n) is 3.05. The molecule has 0 saturated carbocycles. The molecule has 0 aliphatic carbocycles. The van der Waals surface area contributed by atoms with Crippen LogP contribution in [-0.4, -0.2) is 42.9 Å². The first kappa shape index (κ1) is 17.5. The van der Waals surface area contributed by atoms with Crippen molar-refractivity contribution in [3.63, 3.8) is 0 Å². The maximum atomic E-state index is 11.5. The zero-order valence-corrected chi connectivity index (χ0v) is 13.3. The van der Waals surface area contributed by atoms with Crippen molar-refractivity contribution in [2.45, 2.75) is 39.8 Å². The van der Waals surface area contributed by atoms with E-state index in [4.69, 9.17) is 4.74 Å². The van der Waals surface area contributed by atoms with E-state index >= 15 is 0 Å². The Kier molecular flexibility index (Phi) is 7.19. The lowest BCUT2D eigenvalue weighted by Gasteiger charge is -2.19. The Bertz CT molecular complexity index is 432. The van der Waals surface area contributed by atoms with E-state index in [0.29, 0.717) is 24.9 Å². The van der Waals surface area contributed by atoms with Crippen LogP contribution in [0.25, 0.3) is 0 Å². The van der Waals surface area contributed by atoms with E-state index < -0.39 is 6.10 Å². The third-order valence-corrected chi connectivity index (χ3v) is 3.05. The van der Waals surface area contributed by atoms with E-state index in [1.54, 1.807) is 11.8 Å². The highest BCUT2D eigenvalue weighted by Gasteiger charge is 2.09. The molecule has 1 amide bonds. The number of aliphatic hydroxyl groups excluding tert-OH is 1. The van der Waals surface area contributed by atoms with Gasteiger partial charge in [0.05, 0.1) is 0 Å². The smallest absolute Gasteiger partial charge is 0.223 e. The zero-order valence-electron chi connectivity index (χ0n) is 13.3. The van der Waals surface area contributed by atoms with Gasteiger partial charge in [-0.05, 0) is 31.2 Å². The number of hydrogen-bond donors (Lipinski definition) is 2. The van der Waals surface area contributed by atoms with Crippen LogP contribution in [0.2, 0.25) is 0 Å². The van der Waals surface area contributed by atoms with E-state index in [9.17, 15) is 9.90 Å². The molecule has 0 aromatic heterocycles. The molecule has 21 heavy (non-hydrogen) atoms. The molecule has 1 rings (SSSR count). The quantitative estimate of drug-likeness (QED) is 0.767. The van der Waals surface area contributed by atoms with Crippen LogP contribution in [0.5, 0.6) is 5.75 Å². The van der Waals surface area contributed by atoms with Crippen molar-refractivity contribution in [1.82, 2.24) is 5.32 Å². The number of benzene rings is 1. The molecule has 0 fully saturated rings. The van der Waals surface area contributed by atoms with Gasteiger partial charge >= 0.3 is 0 Å². The Morgan fingerprint density at radius 2 is 1.95 bits per heavy atom. The number of anilines is 1. The van der Waals surface area contributed by atoms with Crippen LogP contribution in [-0.2, 0) is 4.79 Å². The minimum absolute atomic E-state index is 0.0151. The second kappa shape index (κ2) is 8.64. The zero-order chi connectivity index (χ0) is 15.8. The maximum absolute atomic E-state index is 11.5. The topological polar surface area (TPSA) is 61.8 Å². The van der Waals surface area contributed by atoms with Gasteiger partial charge in [-0.15, -0.1) is 0 Å². The number of carbonyl (C=O) groups is 1. The lowest BCUT2D eigenvalue weighted by Crippen LogP contribution is -2.35. The molecule has 5 heteroatoms. The molecule has 5 nitrogen and oxygen atoms in total. The van der Waals surface area contributed by atoms with Crippen molar-refractivity contribution in [3.8, 4) is 5.75 Å². The molecule has 0 radical (unpaired) electrons. The molecule has 0 heterocycles. The summed E-state index contributed by atoms with van der Waals surface area (Å²) in [7, 11) is 0. The summed E-state index contributed by atoms with van der Waals surface area (Å²) < 4.78 is 5.54. The number of amides is 1. The van der Waals surface area contributed by atoms with E-state index in [1.165, 1.54) is 0 Å². The van der Waals surface area contributed by atoms with Gasteiger partial charge in [-0.25, -0.2) is 0 Å². The lowest BCUT2D eigenvalue weighted by molar-refractivity contribution is -0.116. The summed E-state index contributed by atoms with van der Waals surface area (Å²) in [6.07, 6.45) is -0.545. The van der Waals surface area contributed by atoms with Gasteiger partial charge in [-0.2, -0.15) is 0 Å². The molecule has 0 bridgehead atoms. The number of rotatable bonds is 8. The molecule has 1 aromatic rings. The van der Waals surface area contributed by atoms with Crippen LogP contribution in [0, 0.1) is 0 Å². The molecular weight excluding hydrogens is 268 g/mol. The summed E-state index contributed by atoms with van der Waals surface area (Å²) >= 11 is 0. The van der Waals surface area contributed by atoms with E-state index in [-0.39, 0.29) is 12.5 Å². The first-order chi connectivity index (χ1) is 9.93. The summed E-state index contributed by atoms with van der Waals surface area (Å²) in [4.78, 5) is 13.1. The predicted octanol–water partition coefficient (Wildman–Crippen LogP) is 1.80. The standard InChI is InChI=1S/C16H26N2O3/c1-5-18(13(4)19)14-6-8-16(9-7-14)21-11-15(20)10-17-12(2)3/h6-9,12,15,17,20H,5,10-11H2,1-4H3. The minimum atomic E-state index is -0.545. The number of nitrogens with zero attached hydrogens (tertiary/aromatic N) is 1. The van der Waals surface area contributed by atoms with Crippen molar-refractivity contribution in [3.05, 3.63) is 24.3 Å². The van der Waals surface area contributed by atoms with Crippen LogP contribution in [0.3, 0.4) is 0 Å². The molecule has 0 saturated heterocycles. The first-order valence-corrected chi connectivity index (χ1v) is 7.36. The third kappa shape index (κ3) is 6.14. The number of hydrogen-bond acceptors (Lipinski definition) is 4. The van der Waals surface area contributed by atoms with Gasteiger partial charge in [0, 0.05) is 31.7 Å². The molecule has 1 unspecified atom stereocenters. The Hall–Kier alpha value is -1.59. The monoisotopic (exact) mass is 294 g/mol. The van der Waals surface area contributed by atoms with Crippen LogP contribution in [0.1, 0.15) is 27.7 Å². The van der Waals surface area contributed by atoms with Crippen molar-refractivity contribution >= 4 is 11.6 Å². The van der Waals surface area contributed by atoms with E-state index in [1.807, 2.05) is 45.0 Å². The summed E-state index contributed by atoms with van der Waals surface area (Å²) in [5.74, 6) is 0.698. The maximum Gasteiger partial charge on any atom is 0.223 e. The Labute approximate surface area is 126 Å². The molecule has 2 N–H and O–H groups in total. The summed E-state index contributed by atoms with van der Waals surface area (Å²) in [6, 6.07) is 7.65. The van der Waals surface area contributed by atoms with Crippen LogP contribution in [0.15, 0.2) is 24.3 Å². The van der Waals surface area contributed by atoms with E-state index in [2.05, 4.69) is 5.32 Å². The number of nitrogens with one attached hydrogen (secondary N) is 1. The Morgan fingerprint density at radius 1 is 1.33 bits per heavy atom. The lowest BCUT2D eigenvalue weighted by atomic mass is 10.2. The molecule has 0 aliphatic rings. The number of ether oxygens (including phenoxy) is 1. The molecule has 0 aliphatic heterocycles. The molecule has 0 spiro atoms. The largest absolute Gasteiger partial charge is 0.491 e. The average molecular weight is 294 g/mol. The fraction of sp³-hybridized carbons (Fsp3) is 0.562.